The summed E-state index contributed by atoms with van der Waals surface area (Å²) < 4.78 is 5.06. The van der Waals surface area contributed by atoms with E-state index in [1.54, 1.807) is 0 Å². The average Bonchev–Trinajstić information content (AvgIpc) is 2.19. The molecule has 0 aliphatic carbocycles. The maximum Gasteiger partial charge on any atom is 0.412 e. The standard InChI is InChI=1S/C12H15NO2/c1-3-7-10(2)15-12(14)13-11-8-5-4-6-9-11/h3-10H,1-2H3,(H,13,14)/b7-3+/t10-/m1/s1. The number of nitrogens with one attached hydrogen (secondary N) is 1. The summed E-state index contributed by atoms with van der Waals surface area (Å²) in [6.45, 7) is 3.69. The van der Waals surface area contributed by atoms with Crippen molar-refractivity contribution in [1.29, 1.82) is 0 Å². The van der Waals surface area contributed by atoms with E-state index in [0.29, 0.717) is 0 Å². The average molecular weight is 205 g/mol. The number of anilines is 1. The number of allylic oxidation sites excluding steroid dienone is 1. The van der Waals surface area contributed by atoms with Gasteiger partial charge in [0.25, 0.3) is 0 Å². The molecule has 1 atom stereocenters. The SMILES string of the molecule is C/C=C/[C@@H](C)OC(=O)Nc1ccccc1. The van der Waals surface area contributed by atoms with Gasteiger partial charge < -0.3 is 4.74 Å². The summed E-state index contributed by atoms with van der Waals surface area (Å²) in [5.41, 5.74) is 0.732. The van der Waals surface area contributed by atoms with Gasteiger partial charge in [0.05, 0.1) is 0 Å². The normalized spacial score (nSPS) is 12.4. The van der Waals surface area contributed by atoms with Crippen LogP contribution in [0.2, 0.25) is 0 Å². The Morgan fingerprint density at radius 3 is 2.67 bits per heavy atom. The highest BCUT2D eigenvalue weighted by Crippen LogP contribution is 2.06. The maximum atomic E-state index is 11.3. The quantitative estimate of drug-likeness (QED) is 0.769. The summed E-state index contributed by atoms with van der Waals surface area (Å²) in [4.78, 5) is 11.3. The Hall–Kier alpha value is -1.77. The van der Waals surface area contributed by atoms with Crippen molar-refractivity contribution in [2.24, 2.45) is 0 Å². The van der Waals surface area contributed by atoms with E-state index in [0.717, 1.165) is 5.69 Å². The number of rotatable bonds is 3. The molecule has 1 aromatic carbocycles. The summed E-state index contributed by atoms with van der Waals surface area (Å²) in [6.07, 6.45) is 3.01. The van der Waals surface area contributed by atoms with Gasteiger partial charge in [-0.25, -0.2) is 4.79 Å². The Balaban J connectivity index is 2.43. The van der Waals surface area contributed by atoms with Gasteiger partial charge in [0.15, 0.2) is 0 Å². The number of carbonyl (C=O) groups is 1. The first-order chi connectivity index (χ1) is 7.22. The van der Waals surface area contributed by atoms with Gasteiger partial charge in [0.2, 0.25) is 0 Å². The fourth-order valence-electron chi connectivity index (χ4n) is 1.15. The molecule has 0 aromatic heterocycles. The molecule has 0 fully saturated rings. The third-order valence-electron chi connectivity index (χ3n) is 1.78. The van der Waals surface area contributed by atoms with E-state index in [4.69, 9.17) is 4.74 Å². The molecule has 0 spiro atoms. The Morgan fingerprint density at radius 1 is 1.40 bits per heavy atom. The highest BCUT2D eigenvalue weighted by atomic mass is 16.6. The van der Waals surface area contributed by atoms with E-state index in [-0.39, 0.29) is 6.10 Å². The third kappa shape index (κ3) is 4.31. The lowest BCUT2D eigenvalue weighted by atomic mass is 10.3. The second kappa shape index (κ2) is 5.86. The van der Waals surface area contributed by atoms with Crippen LogP contribution >= 0.6 is 0 Å². The number of hydrogen-bond donors (Lipinski definition) is 1. The minimum atomic E-state index is -0.438. The number of para-hydroxylation sites is 1. The first-order valence-electron chi connectivity index (χ1n) is 4.88. The Kier molecular flexibility index (Phi) is 4.41. The van der Waals surface area contributed by atoms with E-state index >= 15 is 0 Å². The molecule has 1 rings (SSSR count). The molecule has 0 aliphatic rings. The third-order valence-corrected chi connectivity index (χ3v) is 1.78. The molecule has 0 unspecified atom stereocenters. The highest BCUT2D eigenvalue weighted by Gasteiger charge is 2.05. The van der Waals surface area contributed by atoms with E-state index in [1.807, 2.05) is 56.3 Å². The first kappa shape index (κ1) is 11.3. The predicted octanol–water partition coefficient (Wildman–Crippen LogP) is 3.20. The van der Waals surface area contributed by atoms with Crippen LogP contribution in [0.4, 0.5) is 10.5 Å². The molecule has 80 valence electrons. The Morgan fingerprint density at radius 2 is 2.07 bits per heavy atom. The molecule has 1 amide bonds. The highest BCUT2D eigenvalue weighted by molar-refractivity contribution is 5.84. The van der Waals surface area contributed by atoms with E-state index < -0.39 is 6.09 Å². The van der Waals surface area contributed by atoms with Crippen LogP contribution in [0.25, 0.3) is 0 Å². The molecule has 0 heterocycles. The molecule has 0 radical (unpaired) electrons. The van der Waals surface area contributed by atoms with Crippen molar-refractivity contribution in [2.45, 2.75) is 20.0 Å². The van der Waals surface area contributed by atoms with Crippen LogP contribution in [0.15, 0.2) is 42.5 Å². The second-order valence-electron chi connectivity index (χ2n) is 3.13. The summed E-state index contributed by atoms with van der Waals surface area (Å²) in [7, 11) is 0. The lowest BCUT2D eigenvalue weighted by Gasteiger charge is -2.10. The van der Waals surface area contributed by atoms with Gasteiger partial charge in [0.1, 0.15) is 6.10 Å². The summed E-state index contributed by atoms with van der Waals surface area (Å²) in [5, 5.41) is 2.64. The molecule has 1 N–H and O–H groups in total. The fourth-order valence-corrected chi connectivity index (χ4v) is 1.15. The molecule has 0 aliphatic heterocycles. The summed E-state index contributed by atoms with van der Waals surface area (Å²) >= 11 is 0. The second-order valence-corrected chi connectivity index (χ2v) is 3.13. The molecular formula is C12H15NO2. The van der Waals surface area contributed by atoms with Crippen LogP contribution < -0.4 is 5.32 Å². The Labute approximate surface area is 89.8 Å². The topological polar surface area (TPSA) is 38.3 Å². The van der Waals surface area contributed by atoms with Crippen LogP contribution in [-0.4, -0.2) is 12.2 Å². The zero-order valence-corrected chi connectivity index (χ0v) is 8.94. The van der Waals surface area contributed by atoms with Gasteiger partial charge in [-0.05, 0) is 32.1 Å². The van der Waals surface area contributed by atoms with Crippen LogP contribution in [0.1, 0.15) is 13.8 Å². The van der Waals surface area contributed by atoms with Crippen LogP contribution in [0.3, 0.4) is 0 Å². The Bertz CT molecular complexity index is 333. The first-order valence-corrected chi connectivity index (χ1v) is 4.88. The molecular weight excluding hydrogens is 190 g/mol. The minimum absolute atomic E-state index is 0.210. The van der Waals surface area contributed by atoms with Crippen LogP contribution in [-0.2, 0) is 4.74 Å². The fraction of sp³-hybridized carbons (Fsp3) is 0.250. The summed E-state index contributed by atoms with van der Waals surface area (Å²) in [5.74, 6) is 0. The minimum Gasteiger partial charge on any atom is -0.442 e. The van der Waals surface area contributed by atoms with Crippen molar-refractivity contribution in [3.63, 3.8) is 0 Å². The predicted molar refractivity (Wildman–Crippen MR) is 60.8 cm³/mol. The van der Waals surface area contributed by atoms with Gasteiger partial charge in [-0.3, -0.25) is 5.32 Å². The maximum absolute atomic E-state index is 11.3. The van der Waals surface area contributed by atoms with E-state index in [2.05, 4.69) is 5.32 Å². The molecule has 0 bridgehead atoms. The monoisotopic (exact) mass is 205 g/mol. The number of ether oxygens (including phenoxy) is 1. The molecule has 0 saturated heterocycles. The van der Waals surface area contributed by atoms with Gasteiger partial charge in [0, 0.05) is 5.69 Å². The van der Waals surface area contributed by atoms with Crippen molar-refractivity contribution < 1.29 is 9.53 Å². The van der Waals surface area contributed by atoms with Gasteiger partial charge >= 0.3 is 6.09 Å². The zero-order chi connectivity index (χ0) is 11.1. The lowest BCUT2D eigenvalue weighted by Crippen LogP contribution is -2.18. The van der Waals surface area contributed by atoms with Gasteiger partial charge in [-0.15, -0.1) is 0 Å². The van der Waals surface area contributed by atoms with Crippen LogP contribution in [0, 0.1) is 0 Å². The molecule has 0 saturated carbocycles. The largest absolute Gasteiger partial charge is 0.442 e. The van der Waals surface area contributed by atoms with E-state index in [1.165, 1.54) is 0 Å². The van der Waals surface area contributed by atoms with Gasteiger partial charge in [-0.1, -0.05) is 24.3 Å². The van der Waals surface area contributed by atoms with Gasteiger partial charge in [-0.2, -0.15) is 0 Å². The van der Waals surface area contributed by atoms with Crippen molar-refractivity contribution in [3.05, 3.63) is 42.5 Å². The lowest BCUT2D eigenvalue weighted by molar-refractivity contribution is 0.142. The number of carbonyl (C=O) groups excluding carboxylic acids is 1. The molecule has 15 heavy (non-hydrogen) atoms. The van der Waals surface area contributed by atoms with Crippen molar-refractivity contribution in [1.82, 2.24) is 0 Å². The van der Waals surface area contributed by atoms with Crippen molar-refractivity contribution in [2.75, 3.05) is 5.32 Å². The number of amides is 1. The zero-order valence-electron chi connectivity index (χ0n) is 8.94. The van der Waals surface area contributed by atoms with Crippen molar-refractivity contribution in [3.8, 4) is 0 Å². The number of hydrogen-bond acceptors (Lipinski definition) is 2. The smallest absolute Gasteiger partial charge is 0.412 e. The number of benzene rings is 1. The van der Waals surface area contributed by atoms with Crippen LogP contribution in [0.5, 0.6) is 0 Å². The molecule has 3 nitrogen and oxygen atoms in total. The molecule has 3 heteroatoms. The van der Waals surface area contributed by atoms with Crippen molar-refractivity contribution >= 4 is 11.8 Å². The summed E-state index contributed by atoms with van der Waals surface area (Å²) in [6, 6.07) is 9.21. The molecule has 1 aromatic rings. The van der Waals surface area contributed by atoms with E-state index in [9.17, 15) is 4.79 Å².